The average Bonchev–Trinajstić information content (AvgIpc) is 3.10. The molecule has 0 aromatic rings. The largest absolute Gasteiger partial charge is 0.463 e. The summed E-state index contributed by atoms with van der Waals surface area (Å²) in [6, 6.07) is 0. The van der Waals surface area contributed by atoms with Crippen molar-refractivity contribution in [3.63, 3.8) is 0 Å². The maximum absolute atomic E-state index is 11.8. The first kappa shape index (κ1) is 50.2. The third-order valence-electron chi connectivity index (χ3n) is 7.09. The van der Waals surface area contributed by atoms with Crippen LogP contribution in [-0.4, -0.2) is 160 Å². The SMILES string of the molecule is CCCCCCCCCCCC(=O)OCCOCCOCCOCCOCCOCCOCCOCCOCCOCCOCCO[Si](C)(C)C. The van der Waals surface area contributed by atoms with Gasteiger partial charge >= 0.3 is 5.97 Å². The summed E-state index contributed by atoms with van der Waals surface area (Å²) in [4.78, 5) is 11.8. The lowest BCUT2D eigenvalue weighted by atomic mass is 10.1. The molecule has 0 aromatic heterocycles. The first-order valence-corrected chi connectivity index (χ1v) is 22.9. The van der Waals surface area contributed by atoms with E-state index in [0.717, 1.165) is 12.8 Å². The van der Waals surface area contributed by atoms with Gasteiger partial charge in [-0.25, -0.2) is 0 Å². The number of unbranched alkanes of at least 4 members (excludes halogenated alkanes) is 8. The van der Waals surface area contributed by atoms with Gasteiger partial charge in [0.15, 0.2) is 8.32 Å². The van der Waals surface area contributed by atoms with Crippen LogP contribution in [0.1, 0.15) is 71.1 Å². The fraction of sp³-hybridized carbons (Fsp3) is 0.973. The second kappa shape index (κ2) is 42.0. The highest BCUT2D eigenvalue weighted by Crippen LogP contribution is 2.10. The quantitative estimate of drug-likeness (QED) is 0.0444. The molecule has 51 heavy (non-hydrogen) atoms. The molecule has 0 fully saturated rings. The van der Waals surface area contributed by atoms with Gasteiger partial charge in [-0.2, -0.15) is 0 Å². The summed E-state index contributed by atoms with van der Waals surface area (Å²) >= 11 is 0. The van der Waals surface area contributed by atoms with Crippen molar-refractivity contribution < 1.29 is 61.3 Å². The molecule has 14 heteroatoms. The van der Waals surface area contributed by atoms with Crippen LogP contribution in [0.4, 0.5) is 0 Å². The number of ether oxygens (including phenoxy) is 11. The molecule has 0 saturated heterocycles. The van der Waals surface area contributed by atoms with Crippen LogP contribution in [0.3, 0.4) is 0 Å². The smallest absolute Gasteiger partial charge is 0.305 e. The Hall–Kier alpha value is -0.753. The van der Waals surface area contributed by atoms with Crippen molar-refractivity contribution in [1.29, 1.82) is 0 Å². The zero-order chi connectivity index (χ0) is 37.2. The Bertz CT molecular complexity index is 685. The van der Waals surface area contributed by atoms with Crippen molar-refractivity contribution in [3.8, 4) is 0 Å². The highest BCUT2D eigenvalue weighted by atomic mass is 28.4. The minimum atomic E-state index is -1.45. The number of esters is 1. The lowest BCUT2D eigenvalue weighted by Crippen LogP contribution is -2.27. The first-order chi connectivity index (χ1) is 25.0. The molecule has 0 saturated carbocycles. The predicted octanol–water partition coefficient (Wildman–Crippen LogP) is 5.47. The summed E-state index contributed by atoms with van der Waals surface area (Å²) in [6.45, 7) is 19.8. The Balaban J connectivity index is 3.12. The molecule has 0 unspecified atom stereocenters. The molecule has 0 bridgehead atoms. The van der Waals surface area contributed by atoms with E-state index in [-0.39, 0.29) is 12.6 Å². The van der Waals surface area contributed by atoms with E-state index in [0.29, 0.717) is 145 Å². The molecule has 0 aliphatic carbocycles. The lowest BCUT2D eigenvalue weighted by Gasteiger charge is -2.16. The lowest BCUT2D eigenvalue weighted by molar-refractivity contribution is -0.145. The molecule has 0 rings (SSSR count). The average molecular weight is 757 g/mol. The highest BCUT2D eigenvalue weighted by Gasteiger charge is 2.13. The number of hydrogen-bond acceptors (Lipinski definition) is 13. The zero-order valence-corrected chi connectivity index (χ0v) is 33.9. The minimum Gasteiger partial charge on any atom is -0.463 e. The van der Waals surface area contributed by atoms with E-state index in [1.54, 1.807) is 0 Å². The van der Waals surface area contributed by atoms with Gasteiger partial charge in [-0.05, 0) is 26.1 Å². The standard InChI is InChI=1S/C37H76O13Si/c1-5-6-7-8-9-10-11-12-13-14-37(38)49-35-33-47-31-29-45-27-25-43-23-21-41-19-17-39-15-16-40-18-20-42-22-24-44-26-28-46-30-32-48-34-36-50-51(2,3)4/h5-36H2,1-4H3. The molecule has 0 aliphatic heterocycles. The predicted molar refractivity (Wildman–Crippen MR) is 200 cm³/mol. The minimum absolute atomic E-state index is 0.136. The molecule has 306 valence electrons. The van der Waals surface area contributed by atoms with Crippen molar-refractivity contribution >= 4 is 14.3 Å². The van der Waals surface area contributed by atoms with Crippen LogP contribution in [0.25, 0.3) is 0 Å². The van der Waals surface area contributed by atoms with E-state index < -0.39 is 8.32 Å². The van der Waals surface area contributed by atoms with Gasteiger partial charge in [0, 0.05) is 6.42 Å². The van der Waals surface area contributed by atoms with Crippen molar-refractivity contribution in [3.05, 3.63) is 0 Å². The van der Waals surface area contributed by atoms with Crippen LogP contribution in [0.2, 0.25) is 19.6 Å². The van der Waals surface area contributed by atoms with E-state index in [1.165, 1.54) is 44.9 Å². The summed E-state index contributed by atoms with van der Waals surface area (Å²) in [5.41, 5.74) is 0. The number of carbonyl (C=O) groups is 1. The Morgan fingerprint density at radius 2 is 0.608 bits per heavy atom. The van der Waals surface area contributed by atoms with E-state index in [9.17, 15) is 4.79 Å². The van der Waals surface area contributed by atoms with Crippen LogP contribution >= 0.6 is 0 Å². The van der Waals surface area contributed by atoms with Gasteiger partial charge in [0.1, 0.15) is 6.61 Å². The fourth-order valence-electron chi connectivity index (χ4n) is 4.35. The van der Waals surface area contributed by atoms with E-state index >= 15 is 0 Å². The molecule has 13 nitrogen and oxygen atoms in total. The molecular formula is C37H76O13Si. The van der Waals surface area contributed by atoms with Crippen LogP contribution in [0, 0.1) is 0 Å². The number of carbonyl (C=O) groups excluding carboxylic acids is 1. The van der Waals surface area contributed by atoms with Crippen LogP contribution in [-0.2, 0) is 61.3 Å². The van der Waals surface area contributed by atoms with Gasteiger partial charge in [0.05, 0.1) is 139 Å². The van der Waals surface area contributed by atoms with Crippen LogP contribution < -0.4 is 0 Å². The Labute approximate surface area is 311 Å². The number of hydrogen-bond donors (Lipinski definition) is 0. The Morgan fingerprint density at radius 1 is 0.353 bits per heavy atom. The van der Waals surface area contributed by atoms with E-state index in [2.05, 4.69) is 26.6 Å². The maximum Gasteiger partial charge on any atom is 0.305 e. The van der Waals surface area contributed by atoms with Crippen molar-refractivity contribution in [1.82, 2.24) is 0 Å². The van der Waals surface area contributed by atoms with E-state index in [1.807, 2.05) is 0 Å². The summed E-state index contributed by atoms with van der Waals surface area (Å²) < 4.78 is 65.8. The third kappa shape index (κ3) is 47.2. The second-order valence-corrected chi connectivity index (χ2v) is 17.4. The van der Waals surface area contributed by atoms with E-state index in [4.69, 9.17) is 56.5 Å². The summed E-state index contributed by atoms with van der Waals surface area (Å²) in [5, 5.41) is 0. The summed E-state index contributed by atoms with van der Waals surface area (Å²) in [7, 11) is -1.45. The topological polar surface area (TPSA) is 128 Å². The van der Waals surface area contributed by atoms with Gasteiger partial charge < -0.3 is 56.5 Å². The molecule has 0 aromatic carbocycles. The van der Waals surface area contributed by atoms with Gasteiger partial charge in [-0.15, -0.1) is 0 Å². The van der Waals surface area contributed by atoms with Crippen molar-refractivity contribution in [2.24, 2.45) is 0 Å². The molecule has 0 atom stereocenters. The highest BCUT2D eigenvalue weighted by molar-refractivity contribution is 6.69. The zero-order valence-electron chi connectivity index (χ0n) is 32.9. The van der Waals surface area contributed by atoms with Gasteiger partial charge in [-0.3, -0.25) is 4.79 Å². The van der Waals surface area contributed by atoms with Crippen molar-refractivity contribution in [2.75, 3.05) is 145 Å². The maximum atomic E-state index is 11.8. The monoisotopic (exact) mass is 757 g/mol. The molecule has 0 N–H and O–H groups in total. The fourth-order valence-corrected chi connectivity index (χ4v) is 5.05. The van der Waals surface area contributed by atoms with Gasteiger partial charge in [0.25, 0.3) is 0 Å². The third-order valence-corrected chi connectivity index (χ3v) is 8.16. The molecule has 0 amide bonds. The first-order valence-electron chi connectivity index (χ1n) is 19.5. The summed E-state index contributed by atoms with van der Waals surface area (Å²) in [5.74, 6) is -0.136. The molecule has 0 aliphatic rings. The number of rotatable bonds is 44. The van der Waals surface area contributed by atoms with Crippen molar-refractivity contribution in [2.45, 2.75) is 90.8 Å². The molecule has 0 radical (unpaired) electrons. The molecular weight excluding hydrogens is 680 g/mol. The van der Waals surface area contributed by atoms with Gasteiger partial charge in [0.2, 0.25) is 0 Å². The Morgan fingerprint density at radius 3 is 0.902 bits per heavy atom. The van der Waals surface area contributed by atoms with Crippen LogP contribution in [0.15, 0.2) is 0 Å². The molecule has 0 heterocycles. The Kier molecular flexibility index (Phi) is 41.4. The normalized spacial score (nSPS) is 11.8. The molecule has 0 spiro atoms. The second-order valence-electron chi connectivity index (χ2n) is 12.9. The van der Waals surface area contributed by atoms with Crippen LogP contribution in [0.5, 0.6) is 0 Å². The van der Waals surface area contributed by atoms with Gasteiger partial charge in [-0.1, -0.05) is 58.3 Å². The summed E-state index contributed by atoms with van der Waals surface area (Å²) in [6.07, 6.45) is 11.6.